The molecular weight excluding hydrogens is 276 g/mol. The smallest absolute Gasteiger partial charge is 0.246 e. The molecule has 0 aliphatic carbocycles. The van der Waals surface area contributed by atoms with E-state index < -0.39 is 0 Å². The lowest BCUT2D eigenvalue weighted by Crippen LogP contribution is -2.32. The van der Waals surface area contributed by atoms with E-state index in [2.05, 4.69) is 23.6 Å². The van der Waals surface area contributed by atoms with E-state index >= 15 is 0 Å². The van der Waals surface area contributed by atoms with Crippen LogP contribution in [0, 0.1) is 13.8 Å². The van der Waals surface area contributed by atoms with Crippen molar-refractivity contribution in [1.29, 1.82) is 0 Å². The summed E-state index contributed by atoms with van der Waals surface area (Å²) in [5.74, 6) is 0.685. The molecule has 2 N–H and O–H groups in total. The van der Waals surface area contributed by atoms with Gasteiger partial charge in [0.25, 0.3) is 0 Å². The van der Waals surface area contributed by atoms with Crippen LogP contribution in [-0.4, -0.2) is 19.1 Å². The Hall–Kier alpha value is -2.49. The lowest BCUT2D eigenvalue weighted by molar-refractivity contribution is -0.116. The molecular formula is C18H22N2O2. The largest absolute Gasteiger partial charge is 0.497 e. The quantitative estimate of drug-likeness (QED) is 0.884. The van der Waals surface area contributed by atoms with Crippen LogP contribution in [0.2, 0.25) is 0 Å². The number of methoxy groups -OCH3 is 1. The van der Waals surface area contributed by atoms with Gasteiger partial charge in [-0.2, -0.15) is 0 Å². The van der Waals surface area contributed by atoms with E-state index in [0.29, 0.717) is 0 Å². The Labute approximate surface area is 131 Å². The van der Waals surface area contributed by atoms with E-state index in [-0.39, 0.29) is 11.9 Å². The average Bonchev–Trinajstić information content (AvgIpc) is 2.50. The molecule has 0 aliphatic heterocycles. The van der Waals surface area contributed by atoms with Gasteiger partial charge in [-0.15, -0.1) is 0 Å². The van der Waals surface area contributed by atoms with Crippen molar-refractivity contribution in [2.75, 3.05) is 17.7 Å². The number of hydrogen-bond acceptors (Lipinski definition) is 3. The number of nitrogens with one attached hydrogen (secondary N) is 2. The molecule has 2 rings (SSSR count). The molecule has 2 aromatic rings. The Kier molecular flexibility index (Phi) is 5.04. The third-order valence-corrected chi connectivity index (χ3v) is 3.50. The molecule has 1 amide bonds. The molecule has 0 aliphatic rings. The van der Waals surface area contributed by atoms with Crippen LogP contribution in [0.25, 0.3) is 0 Å². The van der Waals surface area contributed by atoms with Crippen molar-refractivity contribution in [2.24, 2.45) is 0 Å². The second kappa shape index (κ2) is 6.98. The molecule has 2 aromatic carbocycles. The summed E-state index contributed by atoms with van der Waals surface area (Å²) in [5, 5.41) is 6.13. The number of carbonyl (C=O) groups is 1. The van der Waals surface area contributed by atoms with Crippen LogP contribution in [0.1, 0.15) is 18.1 Å². The minimum Gasteiger partial charge on any atom is -0.497 e. The van der Waals surface area contributed by atoms with Gasteiger partial charge in [-0.25, -0.2) is 0 Å². The highest BCUT2D eigenvalue weighted by atomic mass is 16.5. The first kappa shape index (κ1) is 15.9. The predicted molar refractivity (Wildman–Crippen MR) is 90.6 cm³/mol. The molecule has 4 nitrogen and oxygen atoms in total. The summed E-state index contributed by atoms with van der Waals surface area (Å²) in [6.45, 7) is 5.93. The summed E-state index contributed by atoms with van der Waals surface area (Å²) in [5.41, 5.74) is 4.06. The van der Waals surface area contributed by atoms with Crippen molar-refractivity contribution >= 4 is 17.3 Å². The van der Waals surface area contributed by atoms with E-state index in [9.17, 15) is 4.79 Å². The van der Waals surface area contributed by atoms with Gasteiger partial charge in [0.1, 0.15) is 11.8 Å². The molecule has 0 saturated carbocycles. The van der Waals surface area contributed by atoms with E-state index in [1.54, 1.807) is 7.11 Å². The first-order valence-corrected chi connectivity index (χ1v) is 7.28. The summed E-state index contributed by atoms with van der Waals surface area (Å²) in [6.07, 6.45) is 0. The number of carbonyl (C=O) groups excluding carboxylic acids is 1. The Morgan fingerprint density at radius 2 is 1.77 bits per heavy atom. The van der Waals surface area contributed by atoms with E-state index in [4.69, 9.17) is 4.74 Å². The summed E-state index contributed by atoms with van der Waals surface area (Å²) >= 11 is 0. The van der Waals surface area contributed by atoms with Crippen molar-refractivity contribution in [3.8, 4) is 5.75 Å². The van der Waals surface area contributed by atoms with Gasteiger partial charge in [-0.3, -0.25) is 4.79 Å². The first-order chi connectivity index (χ1) is 10.5. The van der Waals surface area contributed by atoms with Crippen LogP contribution in [0.15, 0.2) is 42.5 Å². The molecule has 1 atom stereocenters. The number of ether oxygens (including phenoxy) is 1. The molecule has 4 heteroatoms. The highest BCUT2D eigenvalue weighted by molar-refractivity contribution is 5.96. The monoisotopic (exact) mass is 298 g/mol. The zero-order chi connectivity index (χ0) is 16.1. The van der Waals surface area contributed by atoms with Crippen molar-refractivity contribution in [3.63, 3.8) is 0 Å². The van der Waals surface area contributed by atoms with E-state index in [0.717, 1.165) is 22.7 Å². The summed E-state index contributed by atoms with van der Waals surface area (Å²) < 4.78 is 5.10. The second-order valence-corrected chi connectivity index (χ2v) is 5.40. The molecule has 0 fully saturated rings. The highest BCUT2D eigenvalue weighted by Crippen LogP contribution is 2.18. The van der Waals surface area contributed by atoms with E-state index in [1.165, 1.54) is 5.56 Å². The van der Waals surface area contributed by atoms with Gasteiger partial charge in [-0.1, -0.05) is 17.7 Å². The normalized spacial score (nSPS) is 11.6. The number of amides is 1. The minimum atomic E-state index is -0.330. The highest BCUT2D eigenvalue weighted by Gasteiger charge is 2.13. The molecule has 0 heterocycles. The zero-order valence-electron chi connectivity index (χ0n) is 13.4. The number of rotatable bonds is 5. The fourth-order valence-corrected chi connectivity index (χ4v) is 2.20. The number of anilines is 2. The molecule has 0 unspecified atom stereocenters. The SMILES string of the molecule is COc1ccc(NC(=O)[C@H](C)Nc2ccc(C)cc2C)cc1. The minimum absolute atomic E-state index is 0.0786. The van der Waals surface area contributed by atoms with Crippen molar-refractivity contribution in [1.82, 2.24) is 0 Å². The van der Waals surface area contributed by atoms with Crippen molar-refractivity contribution in [2.45, 2.75) is 26.8 Å². The first-order valence-electron chi connectivity index (χ1n) is 7.28. The van der Waals surface area contributed by atoms with Gasteiger partial charge in [0.15, 0.2) is 0 Å². The molecule has 0 aromatic heterocycles. The van der Waals surface area contributed by atoms with Gasteiger partial charge in [0, 0.05) is 11.4 Å². The number of hydrogen-bond donors (Lipinski definition) is 2. The average molecular weight is 298 g/mol. The maximum absolute atomic E-state index is 12.2. The molecule has 0 spiro atoms. The molecule has 22 heavy (non-hydrogen) atoms. The fourth-order valence-electron chi connectivity index (χ4n) is 2.20. The molecule has 0 radical (unpaired) electrons. The Balaban J connectivity index is 1.99. The van der Waals surface area contributed by atoms with Crippen LogP contribution in [0.5, 0.6) is 5.75 Å². The topological polar surface area (TPSA) is 50.4 Å². The lowest BCUT2D eigenvalue weighted by Gasteiger charge is -2.17. The van der Waals surface area contributed by atoms with Gasteiger partial charge in [0.05, 0.1) is 7.11 Å². The van der Waals surface area contributed by atoms with Crippen molar-refractivity contribution < 1.29 is 9.53 Å². The molecule has 116 valence electrons. The Bertz CT molecular complexity index is 651. The van der Waals surface area contributed by atoms with Gasteiger partial charge in [0.2, 0.25) is 5.91 Å². The zero-order valence-corrected chi connectivity index (χ0v) is 13.4. The number of aryl methyl sites for hydroxylation is 2. The van der Waals surface area contributed by atoms with Gasteiger partial charge in [-0.05, 0) is 56.7 Å². The maximum Gasteiger partial charge on any atom is 0.246 e. The van der Waals surface area contributed by atoms with Crippen LogP contribution in [0.3, 0.4) is 0 Å². The second-order valence-electron chi connectivity index (χ2n) is 5.40. The third kappa shape index (κ3) is 4.01. The predicted octanol–water partition coefficient (Wildman–Crippen LogP) is 3.75. The Morgan fingerprint density at radius 1 is 1.09 bits per heavy atom. The summed E-state index contributed by atoms with van der Waals surface area (Å²) in [6, 6.07) is 13.1. The van der Waals surface area contributed by atoms with E-state index in [1.807, 2.05) is 50.2 Å². The summed E-state index contributed by atoms with van der Waals surface area (Å²) in [7, 11) is 1.61. The molecule has 0 bridgehead atoms. The summed E-state index contributed by atoms with van der Waals surface area (Å²) in [4.78, 5) is 12.2. The standard InChI is InChI=1S/C18H22N2O2/c1-12-5-10-17(13(2)11-12)19-14(3)18(21)20-15-6-8-16(22-4)9-7-15/h5-11,14,19H,1-4H3,(H,20,21)/t14-/m0/s1. The van der Waals surface area contributed by atoms with Crippen LogP contribution >= 0.6 is 0 Å². The van der Waals surface area contributed by atoms with Crippen molar-refractivity contribution in [3.05, 3.63) is 53.6 Å². The third-order valence-electron chi connectivity index (χ3n) is 3.50. The number of benzene rings is 2. The maximum atomic E-state index is 12.2. The van der Waals surface area contributed by atoms with Gasteiger partial charge >= 0.3 is 0 Å². The van der Waals surface area contributed by atoms with Gasteiger partial charge < -0.3 is 15.4 Å². The van der Waals surface area contributed by atoms with Crippen LogP contribution in [0.4, 0.5) is 11.4 Å². The Morgan fingerprint density at radius 3 is 2.36 bits per heavy atom. The van der Waals surface area contributed by atoms with Crippen LogP contribution < -0.4 is 15.4 Å². The molecule has 0 saturated heterocycles. The van der Waals surface area contributed by atoms with Crippen LogP contribution in [-0.2, 0) is 4.79 Å². The lowest BCUT2D eigenvalue weighted by atomic mass is 10.1. The fraction of sp³-hybridized carbons (Fsp3) is 0.278.